The van der Waals surface area contributed by atoms with Gasteiger partial charge in [0.25, 0.3) is 11.8 Å². The highest BCUT2D eigenvalue weighted by Crippen LogP contribution is 2.21. The van der Waals surface area contributed by atoms with Gasteiger partial charge in [0.1, 0.15) is 0 Å². The molecule has 0 atom stereocenters. The van der Waals surface area contributed by atoms with Crippen molar-refractivity contribution in [2.75, 3.05) is 11.9 Å². The highest BCUT2D eigenvalue weighted by Gasteiger charge is 2.12. The predicted molar refractivity (Wildman–Crippen MR) is 93.6 cm³/mol. The number of halogens is 1. The van der Waals surface area contributed by atoms with E-state index in [-0.39, 0.29) is 11.8 Å². The van der Waals surface area contributed by atoms with Crippen molar-refractivity contribution in [2.45, 2.75) is 19.8 Å². The van der Waals surface area contributed by atoms with Crippen molar-refractivity contribution < 1.29 is 9.59 Å². The Bertz CT molecular complexity index is 704. The van der Waals surface area contributed by atoms with Gasteiger partial charge in [-0.05, 0) is 40.5 Å². The number of unbranched alkanes of at least 4 members (excludes halogenated alkanes) is 1. The number of benzene rings is 1. The quantitative estimate of drug-likeness (QED) is 0.757. The lowest BCUT2D eigenvalue weighted by atomic mass is 10.1. The molecule has 0 unspecified atom stereocenters. The summed E-state index contributed by atoms with van der Waals surface area (Å²) in [6.07, 6.45) is 4.82. The average molecular weight is 376 g/mol. The summed E-state index contributed by atoms with van der Waals surface area (Å²) in [5, 5.41) is 5.59. The molecule has 1 heterocycles. The summed E-state index contributed by atoms with van der Waals surface area (Å²) in [5.41, 5.74) is 1.38. The Hall–Kier alpha value is -2.21. The Kier molecular flexibility index (Phi) is 6.29. The molecule has 0 aliphatic carbocycles. The molecule has 0 fully saturated rings. The summed E-state index contributed by atoms with van der Waals surface area (Å²) < 4.78 is 0.787. The summed E-state index contributed by atoms with van der Waals surface area (Å²) >= 11 is 3.38. The second kappa shape index (κ2) is 8.43. The molecule has 1 aromatic heterocycles. The smallest absolute Gasteiger partial charge is 0.257 e. The molecule has 5 nitrogen and oxygen atoms in total. The molecule has 6 heteroatoms. The van der Waals surface area contributed by atoms with Crippen molar-refractivity contribution in [3.63, 3.8) is 0 Å². The molecular formula is C17H18BrN3O2. The molecule has 2 aromatic rings. The Morgan fingerprint density at radius 1 is 1.13 bits per heavy atom. The fourth-order valence-electron chi connectivity index (χ4n) is 1.93. The third-order valence-corrected chi connectivity index (χ3v) is 3.89. The van der Waals surface area contributed by atoms with Crippen LogP contribution in [0.15, 0.2) is 47.2 Å². The first-order valence-corrected chi connectivity index (χ1v) is 8.20. The van der Waals surface area contributed by atoms with Crippen molar-refractivity contribution >= 4 is 33.4 Å². The van der Waals surface area contributed by atoms with Crippen LogP contribution in [0.4, 0.5) is 5.69 Å². The average Bonchev–Trinajstić information content (AvgIpc) is 2.57. The number of para-hydroxylation sites is 1. The number of hydrogen-bond acceptors (Lipinski definition) is 3. The molecule has 1 aromatic carbocycles. The Labute approximate surface area is 143 Å². The fraction of sp³-hybridized carbons (Fsp3) is 0.235. The van der Waals surface area contributed by atoms with E-state index in [1.54, 1.807) is 12.1 Å². The van der Waals surface area contributed by atoms with Crippen LogP contribution in [0, 0.1) is 0 Å². The third kappa shape index (κ3) is 4.89. The van der Waals surface area contributed by atoms with Gasteiger partial charge < -0.3 is 10.6 Å². The zero-order valence-electron chi connectivity index (χ0n) is 12.8. The van der Waals surface area contributed by atoms with Gasteiger partial charge in [-0.25, -0.2) is 0 Å². The third-order valence-electron chi connectivity index (χ3n) is 3.20. The summed E-state index contributed by atoms with van der Waals surface area (Å²) in [6, 6.07) is 8.86. The molecule has 0 radical (unpaired) electrons. The van der Waals surface area contributed by atoms with E-state index in [1.165, 1.54) is 12.4 Å². The van der Waals surface area contributed by atoms with Crippen LogP contribution < -0.4 is 10.6 Å². The fourth-order valence-corrected chi connectivity index (χ4v) is 2.31. The highest BCUT2D eigenvalue weighted by molar-refractivity contribution is 9.10. The minimum atomic E-state index is -0.312. The van der Waals surface area contributed by atoms with Crippen LogP contribution in [0.1, 0.15) is 40.5 Å². The van der Waals surface area contributed by atoms with Gasteiger partial charge in [0.2, 0.25) is 0 Å². The molecule has 120 valence electrons. The van der Waals surface area contributed by atoms with E-state index in [9.17, 15) is 9.59 Å². The number of aromatic nitrogens is 1. The second-order valence-corrected chi connectivity index (χ2v) is 5.86. The molecular weight excluding hydrogens is 358 g/mol. The maximum Gasteiger partial charge on any atom is 0.257 e. The van der Waals surface area contributed by atoms with Crippen molar-refractivity contribution in [1.82, 2.24) is 10.3 Å². The normalized spacial score (nSPS) is 10.2. The van der Waals surface area contributed by atoms with Gasteiger partial charge in [-0.1, -0.05) is 25.5 Å². The van der Waals surface area contributed by atoms with E-state index in [2.05, 4.69) is 38.5 Å². The standard InChI is InChI=1S/C17H18BrN3O2/c1-2-3-8-20-16(22)12-9-13(11-19-10-12)17(23)21-15-7-5-4-6-14(15)18/h4-7,9-11H,2-3,8H2,1H3,(H,20,22)(H,21,23). The van der Waals surface area contributed by atoms with Crippen LogP contribution in [0.3, 0.4) is 0 Å². The number of hydrogen-bond donors (Lipinski definition) is 2. The number of nitrogens with zero attached hydrogens (tertiary/aromatic N) is 1. The van der Waals surface area contributed by atoms with Gasteiger partial charge in [0.15, 0.2) is 0 Å². The van der Waals surface area contributed by atoms with E-state index < -0.39 is 0 Å². The van der Waals surface area contributed by atoms with Gasteiger partial charge in [0, 0.05) is 23.4 Å². The molecule has 2 rings (SSSR count). The van der Waals surface area contributed by atoms with E-state index in [0.717, 1.165) is 17.3 Å². The van der Waals surface area contributed by atoms with Crippen LogP contribution in [-0.4, -0.2) is 23.3 Å². The topological polar surface area (TPSA) is 71.1 Å². The van der Waals surface area contributed by atoms with Gasteiger partial charge in [-0.2, -0.15) is 0 Å². The van der Waals surface area contributed by atoms with Gasteiger partial charge >= 0.3 is 0 Å². The lowest BCUT2D eigenvalue weighted by Gasteiger charge is -2.08. The molecule has 0 aliphatic heterocycles. The van der Waals surface area contributed by atoms with Crippen molar-refractivity contribution in [3.8, 4) is 0 Å². The number of amides is 2. The first kappa shape index (κ1) is 17.1. The Morgan fingerprint density at radius 2 is 1.83 bits per heavy atom. The number of pyridine rings is 1. The van der Waals surface area contributed by atoms with Gasteiger partial charge in [-0.15, -0.1) is 0 Å². The summed E-state index contributed by atoms with van der Waals surface area (Å²) in [7, 11) is 0. The van der Waals surface area contributed by atoms with Crippen LogP contribution in [-0.2, 0) is 0 Å². The van der Waals surface area contributed by atoms with E-state index in [1.807, 2.05) is 18.2 Å². The summed E-state index contributed by atoms with van der Waals surface area (Å²) in [6.45, 7) is 2.67. The number of carbonyl (C=O) groups excluding carboxylic acids is 2. The van der Waals surface area contributed by atoms with Crippen LogP contribution >= 0.6 is 15.9 Å². The Balaban J connectivity index is 2.08. The Morgan fingerprint density at radius 3 is 2.52 bits per heavy atom. The molecule has 0 saturated heterocycles. The largest absolute Gasteiger partial charge is 0.352 e. The number of carbonyl (C=O) groups is 2. The maximum atomic E-state index is 12.3. The predicted octanol–water partition coefficient (Wildman–Crippen LogP) is 3.63. The molecule has 2 N–H and O–H groups in total. The van der Waals surface area contributed by atoms with Crippen molar-refractivity contribution in [2.24, 2.45) is 0 Å². The monoisotopic (exact) mass is 375 g/mol. The minimum Gasteiger partial charge on any atom is -0.352 e. The zero-order chi connectivity index (χ0) is 16.7. The van der Waals surface area contributed by atoms with Crippen LogP contribution in [0.25, 0.3) is 0 Å². The maximum absolute atomic E-state index is 12.3. The lowest BCUT2D eigenvalue weighted by molar-refractivity contribution is 0.0953. The zero-order valence-corrected chi connectivity index (χ0v) is 14.4. The van der Waals surface area contributed by atoms with Crippen molar-refractivity contribution in [1.29, 1.82) is 0 Å². The highest BCUT2D eigenvalue weighted by atomic mass is 79.9. The SMILES string of the molecule is CCCCNC(=O)c1cncc(C(=O)Nc2ccccc2Br)c1. The first-order valence-electron chi connectivity index (χ1n) is 7.41. The van der Waals surface area contributed by atoms with Gasteiger partial charge in [-0.3, -0.25) is 14.6 Å². The van der Waals surface area contributed by atoms with Crippen molar-refractivity contribution in [3.05, 3.63) is 58.3 Å². The number of rotatable bonds is 6. The summed E-state index contributed by atoms with van der Waals surface area (Å²) in [4.78, 5) is 28.3. The first-order chi connectivity index (χ1) is 11.1. The van der Waals surface area contributed by atoms with E-state index in [4.69, 9.17) is 0 Å². The molecule has 2 amide bonds. The molecule has 0 spiro atoms. The van der Waals surface area contributed by atoms with E-state index in [0.29, 0.717) is 23.4 Å². The minimum absolute atomic E-state index is 0.221. The van der Waals surface area contributed by atoms with E-state index >= 15 is 0 Å². The van der Waals surface area contributed by atoms with Gasteiger partial charge in [0.05, 0.1) is 16.8 Å². The molecule has 0 bridgehead atoms. The number of nitrogens with one attached hydrogen (secondary N) is 2. The summed E-state index contributed by atoms with van der Waals surface area (Å²) in [5.74, 6) is -0.533. The lowest BCUT2D eigenvalue weighted by Crippen LogP contribution is -2.25. The molecule has 23 heavy (non-hydrogen) atoms. The van der Waals surface area contributed by atoms with Crippen LogP contribution in [0.2, 0.25) is 0 Å². The van der Waals surface area contributed by atoms with Crippen LogP contribution in [0.5, 0.6) is 0 Å². The number of anilines is 1. The molecule has 0 aliphatic rings. The second-order valence-electron chi connectivity index (χ2n) is 5.01. The molecule has 0 saturated carbocycles.